The number of carbonyl (C=O) groups excluding carboxylic acids is 1. The standard InChI is InChI=1S/C25H37BN2O4/c1-23(2)20-8-7-15(26-31-24(3,4)25(5,6)32-26)9-21(20)28(22(23)29)17-10-16(11-17)27-18-12-19(27)14-30-13-18/h9,16-19H,7-8,10-14H2,1-6H3/t16?,17?,18-,19-/m0/s1. The number of carbonyl (C=O) groups is 1. The average Bonchev–Trinajstić information content (AvgIpc) is 3.04. The van der Waals surface area contributed by atoms with Crippen LogP contribution in [0.5, 0.6) is 0 Å². The third-order valence-corrected chi connectivity index (χ3v) is 9.50. The first-order chi connectivity index (χ1) is 15.0. The Kier molecular flexibility index (Phi) is 4.49. The molecule has 4 heterocycles. The topological polar surface area (TPSA) is 51.2 Å². The molecule has 2 aliphatic carbocycles. The van der Waals surface area contributed by atoms with E-state index in [9.17, 15) is 4.79 Å². The largest absolute Gasteiger partial charge is 0.490 e. The van der Waals surface area contributed by atoms with Gasteiger partial charge in [0.1, 0.15) is 0 Å². The van der Waals surface area contributed by atoms with Gasteiger partial charge in [0.2, 0.25) is 5.91 Å². The predicted octanol–water partition coefficient (Wildman–Crippen LogP) is 3.46. The lowest BCUT2D eigenvalue weighted by Crippen LogP contribution is -2.70. The van der Waals surface area contributed by atoms with Crippen LogP contribution in [0.2, 0.25) is 0 Å². The molecule has 2 atom stereocenters. The van der Waals surface area contributed by atoms with E-state index in [0.717, 1.165) is 44.6 Å². The highest BCUT2D eigenvalue weighted by Crippen LogP contribution is 2.51. The summed E-state index contributed by atoms with van der Waals surface area (Å²) in [6.07, 6.45) is 7.46. The molecule has 6 rings (SSSR count). The predicted molar refractivity (Wildman–Crippen MR) is 123 cm³/mol. The fourth-order valence-corrected chi connectivity index (χ4v) is 6.64. The average molecular weight is 440 g/mol. The van der Waals surface area contributed by atoms with Crippen LogP contribution >= 0.6 is 0 Å². The molecule has 4 fully saturated rings. The van der Waals surface area contributed by atoms with Crippen molar-refractivity contribution in [2.45, 2.75) is 109 Å². The third-order valence-electron chi connectivity index (χ3n) is 9.50. The summed E-state index contributed by atoms with van der Waals surface area (Å²) in [5.41, 5.74) is 2.48. The zero-order valence-electron chi connectivity index (χ0n) is 20.4. The molecule has 0 spiro atoms. The number of fused-ring (bicyclic) bond motifs is 2. The molecule has 3 saturated heterocycles. The molecular formula is C25H37BN2O4. The third kappa shape index (κ3) is 2.84. The van der Waals surface area contributed by atoms with Gasteiger partial charge in [0.05, 0.1) is 29.8 Å². The van der Waals surface area contributed by atoms with Gasteiger partial charge >= 0.3 is 7.12 Å². The molecule has 6 nitrogen and oxygen atoms in total. The number of ether oxygens (including phenoxy) is 1. The van der Waals surface area contributed by atoms with Crippen LogP contribution in [0.25, 0.3) is 0 Å². The van der Waals surface area contributed by atoms with E-state index in [1.165, 1.54) is 17.5 Å². The smallest absolute Gasteiger partial charge is 0.400 e. The van der Waals surface area contributed by atoms with Crippen molar-refractivity contribution in [2.75, 3.05) is 13.2 Å². The summed E-state index contributed by atoms with van der Waals surface area (Å²) in [4.78, 5) is 18.4. The monoisotopic (exact) mass is 440 g/mol. The van der Waals surface area contributed by atoms with Crippen LogP contribution in [-0.4, -0.2) is 71.4 Å². The van der Waals surface area contributed by atoms with E-state index in [4.69, 9.17) is 14.0 Å². The van der Waals surface area contributed by atoms with E-state index < -0.39 is 5.41 Å². The normalized spacial score (nSPS) is 39.6. The molecule has 1 saturated carbocycles. The first-order valence-electron chi connectivity index (χ1n) is 12.5. The maximum atomic E-state index is 13.6. The van der Waals surface area contributed by atoms with Crippen molar-refractivity contribution in [1.29, 1.82) is 0 Å². The first kappa shape index (κ1) is 21.4. The Morgan fingerprint density at radius 2 is 1.47 bits per heavy atom. The highest BCUT2D eigenvalue weighted by atomic mass is 16.7. The molecule has 1 amide bonds. The molecule has 2 bridgehead atoms. The molecule has 0 N–H and O–H groups in total. The van der Waals surface area contributed by atoms with Crippen LogP contribution < -0.4 is 0 Å². The van der Waals surface area contributed by atoms with Gasteiger partial charge in [-0.2, -0.15) is 0 Å². The first-order valence-corrected chi connectivity index (χ1v) is 12.5. The van der Waals surface area contributed by atoms with E-state index in [-0.39, 0.29) is 24.2 Å². The molecule has 0 aromatic rings. The zero-order valence-corrected chi connectivity index (χ0v) is 20.4. The van der Waals surface area contributed by atoms with Crippen molar-refractivity contribution in [2.24, 2.45) is 5.41 Å². The fraction of sp³-hybridized carbons (Fsp3) is 0.800. The maximum Gasteiger partial charge on any atom is 0.490 e. The number of morpholine rings is 1. The van der Waals surface area contributed by atoms with E-state index in [1.54, 1.807) is 0 Å². The summed E-state index contributed by atoms with van der Waals surface area (Å²) in [5.74, 6) is 0.268. The molecule has 32 heavy (non-hydrogen) atoms. The van der Waals surface area contributed by atoms with E-state index in [0.29, 0.717) is 24.2 Å². The Bertz CT molecular complexity index is 887. The summed E-state index contributed by atoms with van der Waals surface area (Å²) in [5, 5.41) is 0. The number of allylic oxidation sites excluding steroid dienone is 2. The van der Waals surface area contributed by atoms with Gasteiger partial charge in [0.25, 0.3) is 0 Å². The Morgan fingerprint density at radius 1 is 0.875 bits per heavy atom. The maximum absolute atomic E-state index is 13.6. The number of rotatable bonds is 3. The van der Waals surface area contributed by atoms with Crippen molar-refractivity contribution in [3.05, 3.63) is 22.8 Å². The molecule has 0 radical (unpaired) electrons. The zero-order chi connectivity index (χ0) is 22.6. The van der Waals surface area contributed by atoms with Crippen molar-refractivity contribution in [1.82, 2.24) is 9.80 Å². The summed E-state index contributed by atoms with van der Waals surface area (Å²) in [7, 11) is -0.329. The van der Waals surface area contributed by atoms with E-state index in [2.05, 4.69) is 57.4 Å². The quantitative estimate of drug-likeness (QED) is 0.630. The summed E-state index contributed by atoms with van der Waals surface area (Å²) in [6, 6.07) is 2.10. The minimum atomic E-state index is -0.417. The molecule has 0 aromatic carbocycles. The van der Waals surface area contributed by atoms with Gasteiger partial charge in [0.15, 0.2) is 0 Å². The minimum Gasteiger partial charge on any atom is -0.400 e. The van der Waals surface area contributed by atoms with Gasteiger partial charge < -0.3 is 18.9 Å². The van der Waals surface area contributed by atoms with Gasteiger partial charge in [0, 0.05) is 29.9 Å². The van der Waals surface area contributed by atoms with E-state index >= 15 is 0 Å². The lowest BCUT2D eigenvalue weighted by molar-refractivity contribution is -0.170. The fourth-order valence-electron chi connectivity index (χ4n) is 6.64. The molecule has 0 aromatic heterocycles. The van der Waals surface area contributed by atoms with Crippen LogP contribution in [-0.2, 0) is 18.8 Å². The lowest BCUT2D eigenvalue weighted by Gasteiger charge is -2.60. The van der Waals surface area contributed by atoms with Crippen molar-refractivity contribution < 1.29 is 18.8 Å². The molecule has 7 heteroatoms. The van der Waals surface area contributed by atoms with Crippen LogP contribution in [0.4, 0.5) is 0 Å². The van der Waals surface area contributed by atoms with Crippen LogP contribution in [0.15, 0.2) is 22.8 Å². The van der Waals surface area contributed by atoms with Gasteiger partial charge in [-0.25, -0.2) is 0 Å². The second-order valence-electron chi connectivity index (χ2n) is 12.3. The highest BCUT2D eigenvalue weighted by molar-refractivity contribution is 6.54. The SMILES string of the molecule is CC1(C)C(=O)N(C2CC(N3[C@@H]4COC[C@@H]3C4)C2)C2=C1CCC(B1OC(C)(C)C(C)(C)O1)=C2. The van der Waals surface area contributed by atoms with Gasteiger partial charge in [-0.15, -0.1) is 0 Å². The second kappa shape index (κ2) is 6.71. The number of amides is 1. The van der Waals surface area contributed by atoms with Crippen LogP contribution in [0.1, 0.15) is 73.6 Å². The van der Waals surface area contributed by atoms with Crippen LogP contribution in [0, 0.1) is 5.41 Å². The van der Waals surface area contributed by atoms with Crippen LogP contribution in [0.3, 0.4) is 0 Å². The highest BCUT2D eigenvalue weighted by Gasteiger charge is 2.57. The van der Waals surface area contributed by atoms with E-state index in [1.807, 2.05) is 0 Å². The lowest BCUT2D eigenvalue weighted by atomic mass is 9.70. The van der Waals surface area contributed by atoms with Crippen molar-refractivity contribution in [3.63, 3.8) is 0 Å². The van der Waals surface area contributed by atoms with Crippen molar-refractivity contribution >= 4 is 13.0 Å². The van der Waals surface area contributed by atoms with Gasteiger partial charge in [-0.1, -0.05) is 0 Å². The molecule has 0 unspecified atom stereocenters. The number of hydrogen-bond acceptors (Lipinski definition) is 5. The molecule has 6 aliphatic rings. The Labute approximate surface area is 192 Å². The molecular weight excluding hydrogens is 403 g/mol. The minimum absolute atomic E-state index is 0.268. The molecule has 174 valence electrons. The second-order valence-corrected chi connectivity index (χ2v) is 12.3. The Balaban J connectivity index is 1.23. The Hall–Kier alpha value is -1.15. The summed E-state index contributed by atoms with van der Waals surface area (Å²) in [6.45, 7) is 14.4. The summed E-state index contributed by atoms with van der Waals surface area (Å²) >= 11 is 0. The van der Waals surface area contributed by atoms with Gasteiger partial charge in [-0.05, 0) is 90.8 Å². The summed E-state index contributed by atoms with van der Waals surface area (Å²) < 4.78 is 18.4. The van der Waals surface area contributed by atoms with Gasteiger partial charge in [-0.3, -0.25) is 9.69 Å². The number of nitrogens with zero attached hydrogens (tertiary/aromatic N) is 2. The molecule has 4 aliphatic heterocycles. The number of hydrogen-bond donors (Lipinski definition) is 0. The van der Waals surface area contributed by atoms with Crippen molar-refractivity contribution in [3.8, 4) is 0 Å². The Morgan fingerprint density at radius 3 is 2.06 bits per heavy atom.